The molecule has 0 aliphatic carbocycles. The number of aliphatic hydroxyl groups is 2. The first-order chi connectivity index (χ1) is 15.3. The van der Waals surface area contributed by atoms with Gasteiger partial charge >= 0.3 is 71.7 Å². The van der Waals surface area contributed by atoms with Gasteiger partial charge in [-0.1, -0.05) is 47.5 Å². The largest absolute Gasteiger partial charge is 2.00 e. The van der Waals surface area contributed by atoms with Crippen LogP contribution in [0.15, 0.2) is 48.5 Å². The number of hydrogen-bond acceptors (Lipinski definition) is 14. The van der Waals surface area contributed by atoms with Gasteiger partial charge in [-0.15, -0.1) is 0 Å². The zero-order chi connectivity index (χ0) is 26.5. The Morgan fingerprint density at radius 2 is 0.838 bits per heavy atom. The van der Waals surface area contributed by atoms with Crippen LogP contribution in [0.5, 0.6) is 11.5 Å². The smallest absolute Gasteiger partial charge is 0.809 e. The molecule has 14 nitrogen and oxygen atoms in total. The minimum Gasteiger partial charge on any atom is -0.809 e. The molecule has 0 saturated carbocycles. The maximum absolute atomic E-state index is 11.2. The molecule has 4 unspecified atom stereocenters. The molecule has 0 bridgehead atoms. The molecule has 198 valence electrons. The number of para-hydroxylation sites is 2. The number of rotatable bonds is 8. The molecule has 23 heteroatoms. The molecule has 0 heterocycles. The average Bonchev–Trinajstić information content (AvgIpc) is 2.69. The normalized spacial score (nSPS) is 15.8. The topological polar surface area (TPSA) is 266 Å². The van der Waals surface area contributed by atoms with Crippen LogP contribution in [-0.4, -0.2) is 93.1 Å². The predicted octanol–water partition coefficient (Wildman–Crippen LogP) is -2.22. The summed E-state index contributed by atoms with van der Waals surface area (Å²) in [6, 6.07) is 10.6. The van der Waals surface area contributed by atoms with Gasteiger partial charge in [0.15, 0.2) is 11.2 Å². The second kappa shape index (κ2) is 17.5. The van der Waals surface area contributed by atoms with Gasteiger partial charge in [-0.3, -0.25) is 9.13 Å². The van der Waals surface area contributed by atoms with E-state index in [1.165, 1.54) is 36.4 Å². The second-order valence-corrected chi connectivity index (χ2v) is 14.2. The van der Waals surface area contributed by atoms with Crippen LogP contribution in [0.3, 0.4) is 0 Å². The van der Waals surface area contributed by atoms with Crippen molar-refractivity contribution in [2.75, 3.05) is 0 Å². The van der Waals surface area contributed by atoms with Crippen molar-refractivity contribution in [1.29, 1.82) is 0 Å². The molecule has 0 spiro atoms. The van der Waals surface area contributed by atoms with E-state index in [1.54, 1.807) is 0 Å². The van der Waals surface area contributed by atoms with Crippen molar-refractivity contribution in [2.24, 2.45) is 0 Å². The van der Waals surface area contributed by atoms with Crippen molar-refractivity contribution in [3.8, 4) is 11.5 Å². The summed E-state index contributed by atoms with van der Waals surface area (Å²) >= 11 is 11.1. The van der Waals surface area contributed by atoms with Crippen LogP contribution in [0.25, 0.3) is 0 Å². The van der Waals surface area contributed by atoms with E-state index in [1.807, 2.05) is 0 Å². The van der Waals surface area contributed by atoms with E-state index in [-0.39, 0.29) is 93.3 Å². The molecular weight excluding hydrogens is 943 g/mol. The summed E-state index contributed by atoms with van der Waals surface area (Å²) < 4.78 is 51.8. The molecule has 0 aromatic heterocycles. The van der Waals surface area contributed by atoms with Gasteiger partial charge in [-0.2, -0.15) is 0 Å². The minimum absolute atomic E-state index is 0. The molecule has 0 amide bonds. The number of halogens is 2. The van der Waals surface area contributed by atoms with Gasteiger partial charge in [0, 0.05) is 0 Å². The van der Waals surface area contributed by atoms with Crippen LogP contribution in [0, 0.1) is 0 Å². The van der Waals surface area contributed by atoms with Crippen molar-refractivity contribution < 1.29 is 66.9 Å². The molecule has 0 saturated heterocycles. The number of benzene rings is 2. The SMILES string of the molecule is O=P([O-])([O-])C(O)P(=O)([O-])Oc1ccccc1Cl.O=P([O-])([O-])C(O)P(=O)([O-])Oc1ccccc1Cl.[Sn+2].[Sn+2].[Sn+2]. The average molecular weight is 955 g/mol. The fourth-order valence-corrected chi connectivity index (χ4v) is 6.32. The van der Waals surface area contributed by atoms with Gasteiger partial charge in [0.25, 0.3) is 0 Å². The Bertz CT molecular complexity index is 1100. The molecule has 2 aromatic carbocycles. The van der Waals surface area contributed by atoms with E-state index < -0.39 is 41.6 Å². The Morgan fingerprint density at radius 3 is 1.05 bits per heavy atom. The summed E-state index contributed by atoms with van der Waals surface area (Å²) in [5.41, 5.74) is -6.29. The molecule has 0 fully saturated rings. The first-order valence-corrected chi connectivity index (χ1v) is 15.4. The van der Waals surface area contributed by atoms with Gasteiger partial charge in [0.05, 0.1) is 10.0 Å². The van der Waals surface area contributed by atoms with Crippen LogP contribution in [0.4, 0.5) is 0 Å². The zero-order valence-corrected chi connectivity index (χ0v) is 31.3. The third kappa shape index (κ3) is 14.4. The third-order valence-electron chi connectivity index (χ3n) is 3.26. The number of aliphatic hydroxyl groups excluding tert-OH is 2. The summed E-state index contributed by atoms with van der Waals surface area (Å²) in [6.45, 7) is 0. The van der Waals surface area contributed by atoms with Crippen molar-refractivity contribution in [3.05, 3.63) is 58.6 Å². The quantitative estimate of drug-likeness (QED) is 0.210. The Balaban J connectivity index is -0.000000578. The monoisotopic (exact) mass is 958 g/mol. The summed E-state index contributed by atoms with van der Waals surface area (Å²) in [7, 11) is -22.1. The Morgan fingerprint density at radius 1 is 0.595 bits per heavy atom. The van der Waals surface area contributed by atoms with Gasteiger partial charge in [0.1, 0.15) is 11.5 Å². The molecule has 4 atom stereocenters. The maximum Gasteiger partial charge on any atom is 2.00 e. The van der Waals surface area contributed by atoms with Gasteiger partial charge in [-0.25, -0.2) is 0 Å². The van der Waals surface area contributed by atoms with Crippen LogP contribution in [0.1, 0.15) is 0 Å². The van der Waals surface area contributed by atoms with Crippen LogP contribution >= 0.6 is 53.6 Å². The molecular formula is C14H12Cl2O14P4Sn3. The predicted molar refractivity (Wildman–Crippen MR) is 124 cm³/mol. The van der Waals surface area contributed by atoms with Crippen molar-refractivity contribution in [2.45, 2.75) is 11.2 Å². The molecule has 0 aliphatic heterocycles. The van der Waals surface area contributed by atoms with Gasteiger partial charge < -0.3 is 57.8 Å². The fourth-order valence-electron chi connectivity index (χ4n) is 1.75. The summed E-state index contributed by atoms with van der Waals surface area (Å²) in [5, 5.41) is 17.4. The van der Waals surface area contributed by atoms with E-state index in [2.05, 4.69) is 9.05 Å². The summed E-state index contributed by atoms with van der Waals surface area (Å²) in [4.78, 5) is 64.0. The van der Waals surface area contributed by atoms with E-state index >= 15 is 0 Å². The van der Waals surface area contributed by atoms with Crippen molar-refractivity contribution in [1.82, 2.24) is 0 Å². The summed E-state index contributed by atoms with van der Waals surface area (Å²) in [6.07, 6.45) is 0. The van der Waals surface area contributed by atoms with Crippen LogP contribution in [-0.2, 0) is 18.3 Å². The Kier molecular flexibility index (Phi) is 20.4. The molecule has 6 radical (unpaired) electrons. The van der Waals surface area contributed by atoms with E-state index in [9.17, 15) is 47.6 Å². The van der Waals surface area contributed by atoms with Crippen LogP contribution in [0.2, 0.25) is 10.0 Å². The minimum atomic E-state index is -5.72. The van der Waals surface area contributed by atoms with Gasteiger partial charge in [-0.05, 0) is 39.5 Å². The molecule has 37 heavy (non-hydrogen) atoms. The standard InChI is InChI=1S/2C7H9ClO7P2.3Sn/c2*8-5-3-1-2-4-6(5)15-17(13,14)7(9)16(10,11)12;;;/h2*1-4,7,9H,(H,13,14)(H2,10,11,12);;;/q;;3*+2/p-6. The fraction of sp³-hybridized carbons (Fsp3) is 0.143. The Labute approximate surface area is 270 Å². The molecule has 2 aromatic rings. The maximum atomic E-state index is 11.2. The first-order valence-electron chi connectivity index (χ1n) is 8.18. The molecule has 2 rings (SSSR count). The van der Waals surface area contributed by atoms with Gasteiger partial charge in [0.2, 0.25) is 15.2 Å². The Hall–Kier alpha value is 1.62. The van der Waals surface area contributed by atoms with E-state index in [0.29, 0.717) is 0 Å². The molecule has 2 N–H and O–H groups in total. The van der Waals surface area contributed by atoms with E-state index in [4.69, 9.17) is 33.4 Å². The van der Waals surface area contributed by atoms with Crippen molar-refractivity contribution >= 4 is 125 Å². The molecule has 0 aliphatic rings. The number of hydrogen-bond donors (Lipinski definition) is 2. The summed E-state index contributed by atoms with van der Waals surface area (Å²) in [5.74, 6) is -0.750. The third-order valence-corrected chi connectivity index (χ3v) is 10.4. The first kappa shape index (κ1) is 43.1. The van der Waals surface area contributed by atoms with E-state index in [0.717, 1.165) is 12.1 Å². The van der Waals surface area contributed by atoms with Crippen LogP contribution < -0.4 is 38.4 Å². The van der Waals surface area contributed by atoms with Crippen molar-refractivity contribution in [3.63, 3.8) is 0 Å². The second-order valence-electron chi connectivity index (χ2n) is 5.90. The zero-order valence-electron chi connectivity index (χ0n) is 17.6.